The number of carbonyl (C=O) groups excluding carboxylic acids is 1. The molecule has 1 aliphatic rings. The summed E-state index contributed by atoms with van der Waals surface area (Å²) in [6.07, 6.45) is 1.70. The molecule has 0 unspecified atom stereocenters. The number of amides is 1. The van der Waals surface area contributed by atoms with Gasteiger partial charge in [-0.25, -0.2) is 4.98 Å². The predicted octanol–water partition coefficient (Wildman–Crippen LogP) is 4.68. The Balaban J connectivity index is 1.33. The number of imidazole rings is 1. The number of benzene rings is 2. The lowest BCUT2D eigenvalue weighted by Crippen LogP contribution is -2.38. The van der Waals surface area contributed by atoms with Crippen molar-refractivity contribution in [3.05, 3.63) is 58.4 Å². The Morgan fingerprint density at radius 2 is 2.00 bits per heavy atom. The first-order valence-electron chi connectivity index (χ1n) is 9.72. The first-order valence-corrected chi connectivity index (χ1v) is 10.1. The summed E-state index contributed by atoms with van der Waals surface area (Å²) in [4.78, 5) is 23.1. The highest BCUT2D eigenvalue weighted by Gasteiger charge is 2.25. The molecular weight excluding hydrogens is 372 g/mol. The Morgan fingerprint density at radius 3 is 2.79 bits per heavy atom. The number of aryl methyl sites for hydroxylation is 2. The fourth-order valence-corrected chi connectivity index (χ4v) is 3.95. The Hall–Kier alpha value is -2.37. The molecule has 3 aromatic rings. The van der Waals surface area contributed by atoms with Crippen LogP contribution in [0.1, 0.15) is 29.8 Å². The van der Waals surface area contributed by atoms with E-state index >= 15 is 0 Å². The molecule has 1 aromatic heterocycles. The Bertz CT molecular complexity index is 1000. The molecule has 0 saturated carbocycles. The van der Waals surface area contributed by atoms with Crippen molar-refractivity contribution in [2.45, 2.75) is 33.2 Å². The zero-order chi connectivity index (χ0) is 19.7. The minimum atomic E-state index is 0.0351. The number of carbonyl (C=O) groups is 1. The molecule has 2 aromatic carbocycles. The van der Waals surface area contributed by atoms with Gasteiger partial charge in [0.1, 0.15) is 5.82 Å². The van der Waals surface area contributed by atoms with Crippen LogP contribution in [0.3, 0.4) is 0 Å². The van der Waals surface area contributed by atoms with E-state index in [9.17, 15) is 4.79 Å². The van der Waals surface area contributed by atoms with Crippen molar-refractivity contribution in [3.8, 4) is 0 Å². The topological polar surface area (TPSA) is 61.0 Å². The summed E-state index contributed by atoms with van der Waals surface area (Å²) in [5, 5.41) is 3.68. The first-order chi connectivity index (χ1) is 13.5. The molecule has 1 amide bonds. The van der Waals surface area contributed by atoms with Crippen LogP contribution in [0.4, 0.5) is 5.69 Å². The first kappa shape index (κ1) is 19.0. The van der Waals surface area contributed by atoms with Crippen molar-refractivity contribution in [2.24, 2.45) is 5.92 Å². The van der Waals surface area contributed by atoms with Crippen LogP contribution >= 0.6 is 11.6 Å². The quantitative estimate of drug-likeness (QED) is 0.672. The van der Waals surface area contributed by atoms with E-state index in [-0.39, 0.29) is 11.8 Å². The van der Waals surface area contributed by atoms with Crippen LogP contribution in [-0.4, -0.2) is 33.9 Å². The SMILES string of the molecule is Cc1ccc2nc(CN3CCC(C(=O)Nc4cc(Cl)ccc4C)CC3)[nH]c2c1. The van der Waals surface area contributed by atoms with Crippen molar-refractivity contribution < 1.29 is 4.79 Å². The molecule has 0 bridgehead atoms. The number of rotatable bonds is 4. The van der Waals surface area contributed by atoms with E-state index < -0.39 is 0 Å². The average molecular weight is 397 g/mol. The molecule has 5 nitrogen and oxygen atoms in total. The molecule has 4 rings (SSSR count). The van der Waals surface area contributed by atoms with Crippen molar-refractivity contribution in [2.75, 3.05) is 18.4 Å². The van der Waals surface area contributed by atoms with Crippen LogP contribution in [0.15, 0.2) is 36.4 Å². The molecule has 2 N–H and O–H groups in total. The number of likely N-dealkylation sites (tertiary alicyclic amines) is 1. The van der Waals surface area contributed by atoms with Crippen molar-refractivity contribution >= 4 is 34.2 Å². The van der Waals surface area contributed by atoms with Gasteiger partial charge in [0.2, 0.25) is 5.91 Å². The number of H-pyrrole nitrogens is 1. The van der Waals surface area contributed by atoms with Gasteiger partial charge in [0.25, 0.3) is 0 Å². The Labute approximate surface area is 170 Å². The number of hydrogen-bond acceptors (Lipinski definition) is 3. The second-order valence-electron chi connectivity index (χ2n) is 7.70. The lowest BCUT2D eigenvalue weighted by molar-refractivity contribution is -0.121. The smallest absolute Gasteiger partial charge is 0.227 e. The Kier molecular flexibility index (Phi) is 5.38. The van der Waals surface area contributed by atoms with E-state index in [1.165, 1.54) is 5.56 Å². The lowest BCUT2D eigenvalue weighted by Gasteiger charge is -2.30. The van der Waals surface area contributed by atoms with Crippen LogP contribution in [-0.2, 0) is 11.3 Å². The van der Waals surface area contributed by atoms with Gasteiger partial charge in [-0.05, 0) is 75.2 Å². The lowest BCUT2D eigenvalue weighted by atomic mass is 9.95. The van der Waals surface area contributed by atoms with E-state index in [0.29, 0.717) is 5.02 Å². The highest BCUT2D eigenvalue weighted by molar-refractivity contribution is 6.31. The molecule has 1 saturated heterocycles. The number of halogens is 1. The number of anilines is 1. The molecule has 6 heteroatoms. The summed E-state index contributed by atoms with van der Waals surface area (Å²) in [5.74, 6) is 1.11. The standard InChI is InChI=1S/C22H25ClN4O/c1-14-3-6-18-20(11-14)25-21(24-18)13-27-9-7-16(8-10-27)22(28)26-19-12-17(23)5-4-15(19)2/h3-6,11-12,16H,7-10,13H2,1-2H3,(H,24,25)(H,26,28). The minimum Gasteiger partial charge on any atom is -0.341 e. The van der Waals surface area contributed by atoms with Crippen molar-refractivity contribution in [1.29, 1.82) is 0 Å². The van der Waals surface area contributed by atoms with Crippen LogP contribution in [0, 0.1) is 19.8 Å². The van der Waals surface area contributed by atoms with Gasteiger partial charge in [0.05, 0.1) is 17.6 Å². The van der Waals surface area contributed by atoms with Gasteiger partial charge in [-0.2, -0.15) is 0 Å². The molecule has 1 aliphatic heterocycles. The van der Waals surface area contributed by atoms with Gasteiger partial charge in [-0.15, -0.1) is 0 Å². The van der Waals surface area contributed by atoms with Gasteiger partial charge in [-0.1, -0.05) is 23.7 Å². The summed E-state index contributed by atoms with van der Waals surface area (Å²) in [7, 11) is 0. The predicted molar refractivity (Wildman–Crippen MR) is 114 cm³/mol. The fraction of sp³-hybridized carbons (Fsp3) is 0.364. The van der Waals surface area contributed by atoms with Gasteiger partial charge in [0, 0.05) is 16.6 Å². The van der Waals surface area contributed by atoms with Crippen LogP contribution in [0.5, 0.6) is 0 Å². The zero-order valence-corrected chi connectivity index (χ0v) is 17.0. The third kappa shape index (κ3) is 4.21. The van der Waals surface area contributed by atoms with E-state index in [0.717, 1.165) is 60.6 Å². The van der Waals surface area contributed by atoms with Gasteiger partial charge < -0.3 is 10.3 Å². The summed E-state index contributed by atoms with van der Waals surface area (Å²) < 4.78 is 0. The molecule has 0 radical (unpaired) electrons. The fourth-order valence-electron chi connectivity index (χ4n) is 3.78. The molecule has 0 spiro atoms. The molecule has 146 valence electrons. The zero-order valence-electron chi connectivity index (χ0n) is 16.3. The number of piperidine rings is 1. The van der Waals surface area contributed by atoms with Crippen molar-refractivity contribution in [1.82, 2.24) is 14.9 Å². The highest BCUT2D eigenvalue weighted by Crippen LogP contribution is 2.24. The number of nitrogens with zero attached hydrogens (tertiary/aromatic N) is 2. The molecular formula is C22H25ClN4O. The number of hydrogen-bond donors (Lipinski definition) is 2. The highest BCUT2D eigenvalue weighted by atomic mass is 35.5. The third-order valence-corrected chi connectivity index (χ3v) is 5.71. The molecule has 0 atom stereocenters. The van der Waals surface area contributed by atoms with Crippen LogP contribution in [0.2, 0.25) is 5.02 Å². The van der Waals surface area contributed by atoms with E-state index in [1.54, 1.807) is 0 Å². The Morgan fingerprint density at radius 1 is 1.21 bits per heavy atom. The van der Waals surface area contributed by atoms with Crippen molar-refractivity contribution in [3.63, 3.8) is 0 Å². The number of aromatic amines is 1. The van der Waals surface area contributed by atoms with E-state index in [1.807, 2.05) is 25.1 Å². The molecule has 28 heavy (non-hydrogen) atoms. The number of fused-ring (bicyclic) bond motifs is 1. The molecule has 1 fully saturated rings. The average Bonchev–Trinajstić information content (AvgIpc) is 3.06. The summed E-state index contributed by atoms with van der Waals surface area (Å²) >= 11 is 6.05. The maximum Gasteiger partial charge on any atom is 0.227 e. The second kappa shape index (κ2) is 7.94. The molecule has 0 aliphatic carbocycles. The third-order valence-electron chi connectivity index (χ3n) is 5.48. The van der Waals surface area contributed by atoms with Crippen LogP contribution in [0.25, 0.3) is 11.0 Å². The summed E-state index contributed by atoms with van der Waals surface area (Å²) in [5.41, 5.74) is 5.14. The van der Waals surface area contributed by atoms with Gasteiger partial charge in [-0.3, -0.25) is 9.69 Å². The number of aromatic nitrogens is 2. The van der Waals surface area contributed by atoms with Crippen LogP contribution < -0.4 is 5.32 Å². The van der Waals surface area contributed by atoms with E-state index in [4.69, 9.17) is 11.6 Å². The summed E-state index contributed by atoms with van der Waals surface area (Å²) in [6, 6.07) is 11.8. The number of nitrogens with one attached hydrogen (secondary N) is 2. The largest absolute Gasteiger partial charge is 0.341 e. The normalized spacial score (nSPS) is 15.8. The summed E-state index contributed by atoms with van der Waals surface area (Å²) in [6.45, 7) is 6.63. The maximum absolute atomic E-state index is 12.7. The maximum atomic E-state index is 12.7. The van der Waals surface area contributed by atoms with E-state index in [2.05, 4.69) is 45.3 Å². The second-order valence-corrected chi connectivity index (χ2v) is 8.14. The van der Waals surface area contributed by atoms with Gasteiger partial charge in [0.15, 0.2) is 0 Å². The molecule has 2 heterocycles. The van der Waals surface area contributed by atoms with Gasteiger partial charge >= 0.3 is 0 Å². The monoisotopic (exact) mass is 396 g/mol. The minimum absolute atomic E-state index is 0.0351.